The summed E-state index contributed by atoms with van der Waals surface area (Å²) in [4.78, 5) is 14.4. The second kappa shape index (κ2) is 9.35. The SMILES string of the molecule is CC[C@@H](C)Cc1cc(N2CCC(C(OC)OC)CC2)ccc1C(C)=O. The fourth-order valence-electron chi connectivity index (χ4n) is 3.72. The zero-order valence-corrected chi connectivity index (χ0v) is 16.4. The van der Waals surface area contributed by atoms with E-state index >= 15 is 0 Å². The minimum absolute atomic E-state index is 0.108. The van der Waals surface area contributed by atoms with Crippen LogP contribution >= 0.6 is 0 Å². The average molecular weight is 347 g/mol. The zero-order chi connectivity index (χ0) is 18.4. The lowest BCUT2D eigenvalue weighted by atomic mass is 9.92. The monoisotopic (exact) mass is 347 g/mol. The largest absolute Gasteiger partial charge is 0.372 e. The number of ketones is 1. The molecule has 1 aliphatic rings. The number of anilines is 1. The zero-order valence-electron chi connectivity index (χ0n) is 16.4. The fraction of sp³-hybridized carbons (Fsp3) is 0.667. The van der Waals surface area contributed by atoms with E-state index in [9.17, 15) is 4.79 Å². The minimum Gasteiger partial charge on any atom is -0.372 e. The van der Waals surface area contributed by atoms with Crippen molar-refractivity contribution in [3.63, 3.8) is 0 Å². The maximum atomic E-state index is 12.0. The van der Waals surface area contributed by atoms with Crippen LogP contribution in [-0.4, -0.2) is 39.4 Å². The molecule has 1 aromatic rings. The quantitative estimate of drug-likeness (QED) is 0.519. The lowest BCUT2D eigenvalue weighted by Gasteiger charge is -2.36. The molecule has 1 aliphatic heterocycles. The van der Waals surface area contributed by atoms with Crippen molar-refractivity contribution in [1.82, 2.24) is 0 Å². The molecule has 0 radical (unpaired) electrons. The van der Waals surface area contributed by atoms with Gasteiger partial charge >= 0.3 is 0 Å². The highest BCUT2D eigenvalue weighted by molar-refractivity contribution is 5.96. The number of rotatable bonds is 8. The number of methoxy groups -OCH3 is 2. The summed E-state index contributed by atoms with van der Waals surface area (Å²) in [5, 5.41) is 0. The Morgan fingerprint density at radius 3 is 2.40 bits per heavy atom. The summed E-state index contributed by atoms with van der Waals surface area (Å²) in [5.74, 6) is 1.19. The summed E-state index contributed by atoms with van der Waals surface area (Å²) in [6, 6.07) is 6.34. The third-order valence-corrected chi connectivity index (χ3v) is 5.49. The van der Waals surface area contributed by atoms with Gasteiger partial charge in [0, 0.05) is 44.5 Å². The van der Waals surface area contributed by atoms with E-state index in [-0.39, 0.29) is 12.1 Å². The predicted molar refractivity (Wildman–Crippen MR) is 102 cm³/mol. The lowest BCUT2D eigenvalue weighted by molar-refractivity contribution is -0.141. The first-order chi connectivity index (χ1) is 12.0. The maximum Gasteiger partial charge on any atom is 0.160 e. The molecule has 0 aliphatic carbocycles. The van der Waals surface area contributed by atoms with Crippen molar-refractivity contribution in [3.05, 3.63) is 29.3 Å². The first-order valence-corrected chi connectivity index (χ1v) is 9.44. The molecule has 0 N–H and O–H groups in total. The molecule has 0 saturated carbocycles. The number of ether oxygens (including phenoxy) is 2. The molecule has 0 aromatic heterocycles. The highest BCUT2D eigenvalue weighted by Crippen LogP contribution is 2.29. The second-order valence-electron chi connectivity index (χ2n) is 7.28. The van der Waals surface area contributed by atoms with Gasteiger partial charge in [0.25, 0.3) is 0 Å². The minimum atomic E-state index is -0.108. The molecule has 0 bridgehead atoms. The summed E-state index contributed by atoms with van der Waals surface area (Å²) in [5.41, 5.74) is 3.29. The van der Waals surface area contributed by atoms with E-state index in [1.807, 2.05) is 6.07 Å². The van der Waals surface area contributed by atoms with Crippen molar-refractivity contribution >= 4 is 11.5 Å². The van der Waals surface area contributed by atoms with E-state index in [1.54, 1.807) is 21.1 Å². The van der Waals surface area contributed by atoms with Crippen LogP contribution in [0.3, 0.4) is 0 Å². The van der Waals surface area contributed by atoms with Crippen molar-refractivity contribution < 1.29 is 14.3 Å². The van der Waals surface area contributed by atoms with Crippen molar-refractivity contribution in [2.45, 2.75) is 52.7 Å². The molecular formula is C21H33NO3. The number of carbonyl (C=O) groups excluding carboxylic acids is 1. The molecule has 0 spiro atoms. The van der Waals surface area contributed by atoms with Gasteiger partial charge in [0.2, 0.25) is 0 Å². The van der Waals surface area contributed by atoms with E-state index in [1.165, 1.54) is 11.3 Å². The Morgan fingerprint density at radius 2 is 1.88 bits per heavy atom. The van der Waals surface area contributed by atoms with E-state index in [0.29, 0.717) is 11.8 Å². The Kier molecular flexibility index (Phi) is 7.45. The topological polar surface area (TPSA) is 38.8 Å². The Bertz CT molecular complexity index is 560. The van der Waals surface area contributed by atoms with Gasteiger partial charge in [-0.2, -0.15) is 0 Å². The van der Waals surface area contributed by atoms with Crippen molar-refractivity contribution in [1.29, 1.82) is 0 Å². The van der Waals surface area contributed by atoms with Gasteiger partial charge in [0.05, 0.1) is 0 Å². The van der Waals surface area contributed by atoms with Gasteiger partial charge in [-0.05, 0) is 55.9 Å². The smallest absolute Gasteiger partial charge is 0.160 e. The highest BCUT2D eigenvalue weighted by atomic mass is 16.7. The van der Waals surface area contributed by atoms with Crippen LogP contribution in [0.4, 0.5) is 5.69 Å². The molecule has 1 heterocycles. The van der Waals surface area contributed by atoms with Crippen LogP contribution in [-0.2, 0) is 15.9 Å². The standard InChI is InChI=1S/C21H33NO3/c1-6-15(2)13-18-14-19(7-8-20(18)16(3)23)22-11-9-17(10-12-22)21(24-4)25-5/h7-8,14-15,17,21H,6,9-13H2,1-5H3/t15-/m1/s1. The summed E-state index contributed by atoms with van der Waals surface area (Å²) in [7, 11) is 3.42. The molecule has 1 fully saturated rings. The summed E-state index contributed by atoms with van der Waals surface area (Å²) in [6.07, 6.45) is 4.10. The molecule has 4 heteroatoms. The van der Waals surface area contributed by atoms with Gasteiger partial charge < -0.3 is 14.4 Å². The Hall–Kier alpha value is -1.39. The average Bonchev–Trinajstić information content (AvgIpc) is 2.63. The summed E-state index contributed by atoms with van der Waals surface area (Å²) >= 11 is 0. The number of carbonyl (C=O) groups is 1. The van der Waals surface area contributed by atoms with Gasteiger partial charge in [-0.3, -0.25) is 4.79 Å². The number of piperidine rings is 1. The molecule has 0 unspecified atom stereocenters. The van der Waals surface area contributed by atoms with Gasteiger partial charge in [0.15, 0.2) is 12.1 Å². The van der Waals surface area contributed by atoms with E-state index in [4.69, 9.17) is 9.47 Å². The highest BCUT2D eigenvalue weighted by Gasteiger charge is 2.27. The van der Waals surface area contributed by atoms with Crippen molar-refractivity contribution in [3.8, 4) is 0 Å². The summed E-state index contributed by atoms with van der Waals surface area (Å²) < 4.78 is 10.8. The van der Waals surface area contributed by atoms with Crippen LogP contribution in [0.15, 0.2) is 18.2 Å². The predicted octanol–water partition coefficient (Wildman–Crippen LogP) is 4.31. The Balaban J connectivity index is 2.12. The van der Waals surface area contributed by atoms with E-state index in [2.05, 4.69) is 30.9 Å². The maximum absolute atomic E-state index is 12.0. The molecule has 1 atom stereocenters. The van der Waals surface area contributed by atoms with Crippen LogP contribution in [0.2, 0.25) is 0 Å². The van der Waals surface area contributed by atoms with Crippen LogP contribution < -0.4 is 4.90 Å². The third kappa shape index (κ3) is 5.05. The number of hydrogen-bond acceptors (Lipinski definition) is 4. The number of nitrogens with zero attached hydrogens (tertiary/aromatic N) is 1. The Labute approximate surface area is 152 Å². The number of benzene rings is 1. The van der Waals surface area contributed by atoms with Gasteiger partial charge in [0.1, 0.15) is 0 Å². The fourth-order valence-corrected chi connectivity index (χ4v) is 3.72. The van der Waals surface area contributed by atoms with Gasteiger partial charge in [-0.1, -0.05) is 20.3 Å². The Morgan fingerprint density at radius 1 is 1.24 bits per heavy atom. The van der Waals surface area contributed by atoms with Gasteiger partial charge in [-0.15, -0.1) is 0 Å². The van der Waals surface area contributed by atoms with Crippen molar-refractivity contribution in [2.24, 2.45) is 11.8 Å². The van der Waals surface area contributed by atoms with Crippen LogP contribution in [0.5, 0.6) is 0 Å². The molecular weight excluding hydrogens is 314 g/mol. The number of hydrogen-bond donors (Lipinski definition) is 0. The van der Waals surface area contributed by atoms with Crippen molar-refractivity contribution in [2.75, 3.05) is 32.2 Å². The van der Waals surface area contributed by atoms with Crippen LogP contribution in [0.25, 0.3) is 0 Å². The van der Waals surface area contributed by atoms with E-state index in [0.717, 1.165) is 44.3 Å². The lowest BCUT2D eigenvalue weighted by Crippen LogP contribution is -2.39. The number of Topliss-reactive ketones (excluding diaryl/α,β-unsaturated/α-hetero) is 1. The van der Waals surface area contributed by atoms with Gasteiger partial charge in [-0.25, -0.2) is 0 Å². The molecule has 140 valence electrons. The molecule has 4 nitrogen and oxygen atoms in total. The molecule has 1 aromatic carbocycles. The first kappa shape index (κ1) is 19.9. The molecule has 2 rings (SSSR count). The molecule has 25 heavy (non-hydrogen) atoms. The van der Waals surface area contributed by atoms with Crippen LogP contribution in [0.1, 0.15) is 56.0 Å². The second-order valence-corrected chi connectivity index (χ2v) is 7.28. The summed E-state index contributed by atoms with van der Waals surface area (Å²) in [6.45, 7) is 8.11. The van der Waals surface area contributed by atoms with Crippen LogP contribution in [0, 0.1) is 11.8 Å². The normalized spacial score (nSPS) is 17.1. The van der Waals surface area contributed by atoms with E-state index < -0.39 is 0 Å². The first-order valence-electron chi connectivity index (χ1n) is 9.44. The molecule has 1 saturated heterocycles. The third-order valence-electron chi connectivity index (χ3n) is 5.49. The molecule has 0 amide bonds.